The number of nitrogens with two attached hydrogens (primary N) is 1. The minimum absolute atomic E-state index is 0.0330. The van der Waals surface area contributed by atoms with Gasteiger partial charge in [-0.2, -0.15) is 0 Å². The van der Waals surface area contributed by atoms with Crippen molar-refractivity contribution in [3.8, 4) is 0 Å². The van der Waals surface area contributed by atoms with Crippen LogP contribution >= 0.6 is 15.9 Å². The van der Waals surface area contributed by atoms with Crippen LogP contribution in [0.15, 0.2) is 12.3 Å². The summed E-state index contributed by atoms with van der Waals surface area (Å²) < 4.78 is 4.82. The molecule has 9 heavy (non-hydrogen) atoms. The molecule has 1 atom stereocenters. The van der Waals surface area contributed by atoms with Crippen LogP contribution in [0.2, 0.25) is 0 Å². The van der Waals surface area contributed by atoms with Gasteiger partial charge in [0, 0.05) is 5.33 Å². The molecule has 0 heterocycles. The molecule has 2 nitrogen and oxygen atoms in total. The molecular formula is C6H12BrNO. The number of alkyl halides is 1. The quantitative estimate of drug-likeness (QED) is 0.540. The number of hydrogen-bond acceptors (Lipinski definition) is 2. The lowest BCUT2D eigenvalue weighted by Crippen LogP contribution is -2.23. The molecule has 0 aliphatic rings. The molecule has 2 N–H and O–H groups in total. The van der Waals surface area contributed by atoms with Crippen LogP contribution in [0.5, 0.6) is 0 Å². The Hall–Kier alpha value is -0.0200. The Balaban J connectivity index is 3.45. The van der Waals surface area contributed by atoms with Crippen LogP contribution in [-0.2, 0) is 4.74 Å². The van der Waals surface area contributed by atoms with Gasteiger partial charge in [0.25, 0.3) is 0 Å². The molecule has 0 aromatic carbocycles. The van der Waals surface area contributed by atoms with Gasteiger partial charge < -0.3 is 10.5 Å². The Kier molecular flexibility index (Phi) is 4.81. The number of rotatable bonds is 4. The van der Waals surface area contributed by atoms with Crippen molar-refractivity contribution in [1.29, 1.82) is 0 Å². The maximum absolute atomic E-state index is 5.58. The zero-order valence-electron chi connectivity index (χ0n) is 5.56. The Morgan fingerprint density at radius 2 is 2.44 bits per heavy atom. The summed E-state index contributed by atoms with van der Waals surface area (Å²) in [5.41, 5.74) is 5.58. The second-order valence-corrected chi connectivity index (χ2v) is 2.55. The zero-order valence-corrected chi connectivity index (χ0v) is 7.15. The van der Waals surface area contributed by atoms with E-state index < -0.39 is 0 Å². The van der Waals surface area contributed by atoms with E-state index in [-0.39, 0.29) is 6.04 Å². The maximum atomic E-state index is 5.58. The van der Waals surface area contributed by atoms with Gasteiger partial charge in [-0.1, -0.05) is 22.5 Å². The smallest absolute Gasteiger partial charge is 0.105 e. The van der Waals surface area contributed by atoms with E-state index in [4.69, 9.17) is 10.5 Å². The fourth-order valence-corrected chi connectivity index (χ4v) is 0.923. The van der Waals surface area contributed by atoms with Crippen molar-refractivity contribution in [2.45, 2.75) is 12.5 Å². The highest BCUT2D eigenvalue weighted by Gasteiger charge is 2.04. The van der Waals surface area contributed by atoms with E-state index in [0.29, 0.717) is 5.76 Å². The monoisotopic (exact) mass is 193 g/mol. The highest BCUT2D eigenvalue weighted by Crippen LogP contribution is 2.02. The number of ether oxygens (including phenoxy) is 1. The molecule has 54 valence electrons. The highest BCUT2D eigenvalue weighted by atomic mass is 79.9. The molecule has 0 saturated carbocycles. The summed E-state index contributed by atoms with van der Waals surface area (Å²) in [7, 11) is 1.58. The SMILES string of the molecule is C=C(OC)[C@@H](N)CCBr. The van der Waals surface area contributed by atoms with Crippen LogP contribution in [0.4, 0.5) is 0 Å². The zero-order chi connectivity index (χ0) is 7.28. The lowest BCUT2D eigenvalue weighted by Gasteiger charge is -2.10. The summed E-state index contributed by atoms with van der Waals surface area (Å²) in [5, 5.41) is 0.885. The summed E-state index contributed by atoms with van der Waals surface area (Å²) in [4.78, 5) is 0. The van der Waals surface area contributed by atoms with Crippen molar-refractivity contribution in [3.63, 3.8) is 0 Å². The molecule has 0 spiro atoms. The van der Waals surface area contributed by atoms with Crippen molar-refractivity contribution in [2.24, 2.45) is 5.73 Å². The van der Waals surface area contributed by atoms with Crippen molar-refractivity contribution in [1.82, 2.24) is 0 Å². The van der Waals surface area contributed by atoms with Crippen molar-refractivity contribution < 1.29 is 4.74 Å². The van der Waals surface area contributed by atoms with Gasteiger partial charge in [0.1, 0.15) is 5.76 Å². The summed E-state index contributed by atoms with van der Waals surface area (Å²) in [6, 6.07) is -0.0330. The first-order valence-electron chi connectivity index (χ1n) is 2.76. The fourth-order valence-electron chi connectivity index (χ4n) is 0.430. The van der Waals surface area contributed by atoms with E-state index in [1.807, 2.05) is 0 Å². The topological polar surface area (TPSA) is 35.2 Å². The van der Waals surface area contributed by atoms with Gasteiger partial charge in [0.15, 0.2) is 0 Å². The first-order chi connectivity index (χ1) is 4.22. The molecule has 0 unspecified atom stereocenters. The van der Waals surface area contributed by atoms with Gasteiger partial charge in [-0.15, -0.1) is 0 Å². The third-order valence-corrected chi connectivity index (χ3v) is 1.55. The lowest BCUT2D eigenvalue weighted by molar-refractivity contribution is 0.265. The molecule has 0 bridgehead atoms. The normalized spacial score (nSPS) is 12.8. The summed E-state index contributed by atoms with van der Waals surface area (Å²) >= 11 is 3.27. The van der Waals surface area contributed by atoms with Crippen LogP contribution in [0.25, 0.3) is 0 Å². The van der Waals surface area contributed by atoms with E-state index in [9.17, 15) is 0 Å². The predicted octanol–water partition coefficient (Wildman–Crippen LogP) is 1.26. The van der Waals surface area contributed by atoms with Gasteiger partial charge in [-0.3, -0.25) is 0 Å². The molecule has 3 heteroatoms. The fraction of sp³-hybridized carbons (Fsp3) is 0.667. The third-order valence-electron chi connectivity index (χ3n) is 1.10. The molecule has 0 aromatic rings. The molecule has 0 aromatic heterocycles. The van der Waals surface area contributed by atoms with Crippen molar-refractivity contribution in [3.05, 3.63) is 12.3 Å². The Labute approximate surface area is 64.2 Å². The third kappa shape index (κ3) is 3.54. The summed E-state index contributed by atoms with van der Waals surface area (Å²) in [6.07, 6.45) is 0.868. The molecule has 0 amide bonds. The second-order valence-electron chi connectivity index (χ2n) is 1.75. The summed E-state index contributed by atoms with van der Waals surface area (Å²) in [6.45, 7) is 3.62. The summed E-state index contributed by atoms with van der Waals surface area (Å²) in [5.74, 6) is 0.648. The molecule has 0 aliphatic heterocycles. The van der Waals surface area contributed by atoms with E-state index >= 15 is 0 Å². The molecule has 0 aliphatic carbocycles. The molecule has 0 radical (unpaired) electrons. The largest absolute Gasteiger partial charge is 0.500 e. The minimum atomic E-state index is -0.0330. The van der Waals surface area contributed by atoms with Gasteiger partial charge in [0.05, 0.1) is 13.2 Å². The Morgan fingerprint density at radius 3 is 2.78 bits per heavy atom. The van der Waals surface area contributed by atoms with E-state index in [0.717, 1.165) is 11.8 Å². The van der Waals surface area contributed by atoms with Crippen LogP contribution in [0, 0.1) is 0 Å². The van der Waals surface area contributed by atoms with E-state index in [2.05, 4.69) is 22.5 Å². The van der Waals surface area contributed by atoms with Crippen molar-refractivity contribution >= 4 is 15.9 Å². The van der Waals surface area contributed by atoms with Gasteiger partial charge in [0.2, 0.25) is 0 Å². The first kappa shape index (κ1) is 8.98. The molecule has 0 fully saturated rings. The molecule has 0 rings (SSSR count). The number of methoxy groups -OCH3 is 1. The van der Waals surface area contributed by atoms with Gasteiger partial charge in [-0.25, -0.2) is 0 Å². The number of hydrogen-bond donors (Lipinski definition) is 1. The van der Waals surface area contributed by atoms with Gasteiger partial charge >= 0.3 is 0 Å². The van der Waals surface area contributed by atoms with E-state index in [1.165, 1.54) is 0 Å². The van der Waals surface area contributed by atoms with Crippen LogP contribution < -0.4 is 5.73 Å². The van der Waals surface area contributed by atoms with Crippen LogP contribution in [-0.4, -0.2) is 18.5 Å². The van der Waals surface area contributed by atoms with Gasteiger partial charge in [-0.05, 0) is 6.42 Å². The maximum Gasteiger partial charge on any atom is 0.105 e. The van der Waals surface area contributed by atoms with Crippen LogP contribution in [0.3, 0.4) is 0 Å². The van der Waals surface area contributed by atoms with E-state index in [1.54, 1.807) is 7.11 Å². The molecular weight excluding hydrogens is 182 g/mol. The number of halogens is 1. The second kappa shape index (κ2) is 4.82. The minimum Gasteiger partial charge on any atom is -0.500 e. The van der Waals surface area contributed by atoms with Crippen LogP contribution in [0.1, 0.15) is 6.42 Å². The predicted molar refractivity (Wildman–Crippen MR) is 42.5 cm³/mol. The Bertz CT molecular complexity index is 95.1. The Morgan fingerprint density at radius 1 is 1.89 bits per heavy atom. The average molecular weight is 194 g/mol. The lowest BCUT2D eigenvalue weighted by atomic mass is 10.2. The molecule has 0 saturated heterocycles. The van der Waals surface area contributed by atoms with Crippen molar-refractivity contribution in [2.75, 3.05) is 12.4 Å². The average Bonchev–Trinajstić information content (AvgIpc) is 1.87. The standard InChI is InChI=1S/C6H12BrNO/c1-5(9-2)6(8)3-4-7/h6H,1,3-4,8H2,2H3/t6-/m0/s1. The first-order valence-corrected chi connectivity index (χ1v) is 3.88. The highest BCUT2D eigenvalue weighted by molar-refractivity contribution is 9.09.